The van der Waals surface area contributed by atoms with E-state index in [9.17, 15) is 4.79 Å². The van der Waals surface area contributed by atoms with Crippen LogP contribution >= 0.6 is 15.9 Å². The van der Waals surface area contributed by atoms with Crippen molar-refractivity contribution in [3.8, 4) is 0 Å². The van der Waals surface area contributed by atoms with Crippen LogP contribution in [0.2, 0.25) is 0 Å². The van der Waals surface area contributed by atoms with Crippen molar-refractivity contribution in [2.75, 3.05) is 5.32 Å². The van der Waals surface area contributed by atoms with Crippen LogP contribution in [0.1, 0.15) is 16.8 Å². The van der Waals surface area contributed by atoms with Gasteiger partial charge in [-0.3, -0.25) is 9.78 Å². The molecule has 94 valence electrons. The van der Waals surface area contributed by atoms with E-state index in [0.29, 0.717) is 5.57 Å². The third-order valence-electron chi connectivity index (χ3n) is 3.14. The Hall–Kier alpha value is -1.94. The van der Waals surface area contributed by atoms with E-state index in [4.69, 9.17) is 0 Å². The SMILES string of the molecule is Cc1c(Br)ccc2c1C(=Cc1ccccn1)C(=O)N2. The van der Waals surface area contributed by atoms with Crippen LogP contribution in [0.5, 0.6) is 0 Å². The zero-order valence-corrected chi connectivity index (χ0v) is 11.9. The first-order chi connectivity index (χ1) is 9.16. The largest absolute Gasteiger partial charge is 0.321 e. The fraction of sp³-hybridized carbons (Fsp3) is 0.0667. The monoisotopic (exact) mass is 314 g/mol. The molecule has 0 fully saturated rings. The predicted molar refractivity (Wildman–Crippen MR) is 79.6 cm³/mol. The second-order valence-corrected chi connectivity index (χ2v) is 5.22. The summed E-state index contributed by atoms with van der Waals surface area (Å²) in [6.45, 7) is 2.00. The minimum absolute atomic E-state index is 0.0816. The quantitative estimate of drug-likeness (QED) is 0.816. The number of rotatable bonds is 1. The van der Waals surface area contributed by atoms with Gasteiger partial charge in [0.25, 0.3) is 5.91 Å². The van der Waals surface area contributed by atoms with Gasteiger partial charge in [-0.05, 0) is 42.8 Å². The summed E-state index contributed by atoms with van der Waals surface area (Å²) in [4.78, 5) is 16.3. The minimum atomic E-state index is -0.0816. The molecule has 0 saturated heterocycles. The van der Waals surface area contributed by atoms with Gasteiger partial charge in [0.2, 0.25) is 0 Å². The molecular formula is C15H11BrN2O. The van der Waals surface area contributed by atoms with Gasteiger partial charge < -0.3 is 5.32 Å². The normalized spacial score (nSPS) is 15.5. The van der Waals surface area contributed by atoms with Crippen molar-refractivity contribution in [3.05, 3.63) is 57.8 Å². The lowest BCUT2D eigenvalue weighted by Gasteiger charge is -2.05. The first-order valence-corrected chi connectivity index (χ1v) is 6.69. The van der Waals surface area contributed by atoms with Crippen LogP contribution < -0.4 is 5.32 Å². The summed E-state index contributed by atoms with van der Waals surface area (Å²) >= 11 is 3.50. The molecule has 1 aromatic heterocycles. The van der Waals surface area contributed by atoms with Crippen molar-refractivity contribution in [3.63, 3.8) is 0 Å². The number of hydrogen-bond acceptors (Lipinski definition) is 2. The topological polar surface area (TPSA) is 42.0 Å². The molecule has 4 heteroatoms. The summed E-state index contributed by atoms with van der Waals surface area (Å²) in [5.74, 6) is -0.0816. The first-order valence-electron chi connectivity index (χ1n) is 5.90. The number of aromatic nitrogens is 1. The lowest BCUT2D eigenvalue weighted by atomic mass is 10.0. The van der Waals surface area contributed by atoms with Crippen molar-refractivity contribution in [2.45, 2.75) is 6.92 Å². The third kappa shape index (κ3) is 2.08. The van der Waals surface area contributed by atoms with Crippen molar-refractivity contribution in [2.24, 2.45) is 0 Å². The number of nitrogens with one attached hydrogen (secondary N) is 1. The molecule has 2 aromatic rings. The predicted octanol–water partition coefficient (Wildman–Crippen LogP) is 3.65. The van der Waals surface area contributed by atoms with E-state index < -0.39 is 0 Å². The van der Waals surface area contributed by atoms with Crippen LogP contribution in [0.25, 0.3) is 11.6 Å². The van der Waals surface area contributed by atoms with Crippen LogP contribution in [0, 0.1) is 6.92 Å². The number of anilines is 1. The lowest BCUT2D eigenvalue weighted by Crippen LogP contribution is -2.03. The van der Waals surface area contributed by atoms with E-state index in [1.165, 1.54) is 0 Å². The maximum atomic E-state index is 12.1. The second-order valence-electron chi connectivity index (χ2n) is 4.36. The lowest BCUT2D eigenvalue weighted by molar-refractivity contribution is -0.110. The van der Waals surface area contributed by atoms with Crippen molar-refractivity contribution < 1.29 is 4.79 Å². The minimum Gasteiger partial charge on any atom is -0.321 e. The number of halogens is 1. The number of carbonyl (C=O) groups excluding carboxylic acids is 1. The summed E-state index contributed by atoms with van der Waals surface area (Å²) in [6.07, 6.45) is 3.54. The molecule has 3 nitrogen and oxygen atoms in total. The van der Waals surface area contributed by atoms with Crippen molar-refractivity contribution in [1.29, 1.82) is 0 Å². The molecular weight excluding hydrogens is 304 g/mol. The van der Waals surface area contributed by atoms with E-state index in [0.717, 1.165) is 27.0 Å². The first kappa shape index (κ1) is 12.1. The fourth-order valence-corrected chi connectivity index (χ4v) is 2.52. The van der Waals surface area contributed by atoms with E-state index >= 15 is 0 Å². The summed E-state index contributed by atoms with van der Waals surface area (Å²) in [6, 6.07) is 9.49. The molecule has 0 spiro atoms. The highest BCUT2D eigenvalue weighted by Crippen LogP contribution is 2.38. The number of nitrogens with zero attached hydrogens (tertiary/aromatic N) is 1. The number of pyridine rings is 1. The summed E-state index contributed by atoms with van der Waals surface area (Å²) < 4.78 is 0.995. The molecule has 0 bridgehead atoms. The highest BCUT2D eigenvalue weighted by Gasteiger charge is 2.26. The average Bonchev–Trinajstić information content (AvgIpc) is 2.73. The fourth-order valence-electron chi connectivity index (χ4n) is 2.19. The second kappa shape index (κ2) is 4.63. The van der Waals surface area contributed by atoms with E-state index in [1.807, 2.05) is 43.3 Å². The van der Waals surface area contributed by atoms with Crippen molar-refractivity contribution >= 4 is 39.2 Å². The molecule has 1 amide bonds. The van der Waals surface area contributed by atoms with Crippen LogP contribution in [-0.2, 0) is 4.79 Å². The Morgan fingerprint density at radius 1 is 1.26 bits per heavy atom. The Morgan fingerprint density at radius 2 is 2.11 bits per heavy atom. The summed E-state index contributed by atoms with van der Waals surface area (Å²) in [5, 5.41) is 2.88. The zero-order chi connectivity index (χ0) is 13.4. The smallest absolute Gasteiger partial charge is 0.256 e. The Morgan fingerprint density at radius 3 is 2.84 bits per heavy atom. The Kier molecular flexibility index (Phi) is 2.95. The summed E-state index contributed by atoms with van der Waals surface area (Å²) in [7, 11) is 0. The van der Waals surface area contributed by atoms with Gasteiger partial charge in [-0.2, -0.15) is 0 Å². The van der Waals surface area contributed by atoms with E-state index in [-0.39, 0.29) is 5.91 Å². The number of amides is 1. The molecule has 1 aliphatic rings. The maximum Gasteiger partial charge on any atom is 0.256 e. The number of carbonyl (C=O) groups is 1. The molecule has 0 radical (unpaired) electrons. The zero-order valence-electron chi connectivity index (χ0n) is 10.3. The van der Waals surface area contributed by atoms with Gasteiger partial charge in [-0.25, -0.2) is 0 Å². The maximum absolute atomic E-state index is 12.1. The highest BCUT2D eigenvalue weighted by atomic mass is 79.9. The van der Waals surface area contributed by atoms with Crippen molar-refractivity contribution in [1.82, 2.24) is 4.98 Å². The molecule has 3 rings (SSSR count). The molecule has 1 aliphatic heterocycles. The van der Waals surface area contributed by atoms with Gasteiger partial charge in [0.1, 0.15) is 0 Å². The molecule has 1 aromatic carbocycles. The highest BCUT2D eigenvalue weighted by molar-refractivity contribution is 9.10. The molecule has 0 saturated carbocycles. The molecule has 19 heavy (non-hydrogen) atoms. The van der Waals surface area contributed by atoms with Gasteiger partial charge in [-0.1, -0.05) is 22.0 Å². The summed E-state index contributed by atoms with van der Waals surface area (Å²) in [5.41, 5.74) is 4.29. The Bertz CT molecular complexity index is 693. The van der Waals surface area contributed by atoms with Crippen LogP contribution in [-0.4, -0.2) is 10.9 Å². The molecule has 1 N–H and O–H groups in total. The Balaban J connectivity index is 2.18. The van der Waals surface area contributed by atoms with Gasteiger partial charge in [-0.15, -0.1) is 0 Å². The standard InChI is InChI=1S/C15H11BrN2O/c1-9-12(16)5-6-13-14(9)11(15(19)18-13)8-10-4-2-3-7-17-10/h2-8H,1H3,(H,18,19). The van der Waals surface area contributed by atoms with Crippen LogP contribution in [0.4, 0.5) is 5.69 Å². The molecule has 2 heterocycles. The van der Waals surface area contributed by atoms with Crippen LogP contribution in [0.3, 0.4) is 0 Å². The Labute approximate surface area is 119 Å². The number of hydrogen-bond donors (Lipinski definition) is 1. The average molecular weight is 315 g/mol. The van der Waals surface area contributed by atoms with Gasteiger partial charge in [0.05, 0.1) is 11.3 Å². The number of fused-ring (bicyclic) bond motifs is 1. The van der Waals surface area contributed by atoms with E-state index in [2.05, 4.69) is 26.2 Å². The third-order valence-corrected chi connectivity index (χ3v) is 4.00. The van der Waals surface area contributed by atoms with Gasteiger partial charge >= 0.3 is 0 Å². The van der Waals surface area contributed by atoms with Gasteiger partial charge in [0, 0.05) is 21.9 Å². The number of benzene rings is 1. The van der Waals surface area contributed by atoms with E-state index in [1.54, 1.807) is 6.20 Å². The van der Waals surface area contributed by atoms with Crippen LogP contribution in [0.15, 0.2) is 41.0 Å². The van der Waals surface area contributed by atoms with Gasteiger partial charge in [0.15, 0.2) is 0 Å². The molecule has 0 unspecified atom stereocenters. The molecule has 0 aliphatic carbocycles. The molecule has 0 atom stereocenters.